The van der Waals surface area contributed by atoms with Crippen LogP contribution in [-0.4, -0.2) is 40.2 Å². The SMILES string of the molecule is C.C.C[SiH2]O[Si](C)(C)CCC(CC(=O)O)CC(=O)O. The second-order valence-corrected chi connectivity index (χ2v) is 10.5. The van der Waals surface area contributed by atoms with Gasteiger partial charge in [0.15, 0.2) is 8.32 Å². The first-order chi connectivity index (χ1) is 7.76. The Morgan fingerprint density at radius 1 is 1.16 bits per heavy atom. The molecular weight excluding hydrogens is 280 g/mol. The van der Waals surface area contributed by atoms with E-state index in [4.69, 9.17) is 14.3 Å². The molecule has 0 aliphatic carbocycles. The third kappa shape index (κ3) is 13.6. The average molecular weight is 311 g/mol. The van der Waals surface area contributed by atoms with E-state index in [1.807, 2.05) is 0 Å². The first-order valence-corrected chi connectivity index (χ1v) is 10.9. The first kappa shape index (κ1) is 23.4. The molecule has 0 unspecified atom stereocenters. The maximum Gasteiger partial charge on any atom is 0.303 e. The van der Waals surface area contributed by atoms with E-state index in [0.29, 0.717) is 6.42 Å². The summed E-state index contributed by atoms with van der Waals surface area (Å²) in [6, 6.07) is 0.832. The lowest BCUT2D eigenvalue weighted by atomic mass is 9.99. The highest BCUT2D eigenvalue weighted by Crippen LogP contribution is 2.22. The molecule has 0 spiro atoms. The van der Waals surface area contributed by atoms with E-state index < -0.39 is 30.0 Å². The molecular formula is C12H30O5Si2. The Kier molecular flexibility index (Phi) is 13.8. The monoisotopic (exact) mass is 310 g/mol. The zero-order valence-electron chi connectivity index (χ0n) is 10.7. The lowest BCUT2D eigenvalue weighted by Crippen LogP contribution is -2.32. The van der Waals surface area contributed by atoms with Crippen molar-refractivity contribution in [2.75, 3.05) is 0 Å². The Morgan fingerprint density at radius 2 is 1.58 bits per heavy atom. The molecule has 19 heavy (non-hydrogen) atoms. The number of carboxylic acid groups (broad SMARTS) is 2. The topological polar surface area (TPSA) is 83.8 Å². The highest BCUT2D eigenvalue weighted by Gasteiger charge is 2.25. The summed E-state index contributed by atoms with van der Waals surface area (Å²) in [5, 5.41) is 17.4. The van der Waals surface area contributed by atoms with Gasteiger partial charge in [-0.25, -0.2) is 0 Å². The molecule has 0 amide bonds. The van der Waals surface area contributed by atoms with E-state index in [9.17, 15) is 9.59 Å². The fourth-order valence-corrected chi connectivity index (χ4v) is 6.59. The molecule has 0 aromatic rings. The second kappa shape index (κ2) is 11.2. The van der Waals surface area contributed by atoms with Crippen LogP contribution in [0.4, 0.5) is 0 Å². The Balaban J connectivity index is -0.00000128. The summed E-state index contributed by atoms with van der Waals surface area (Å²) in [7, 11) is -2.14. The third-order valence-electron chi connectivity index (χ3n) is 2.62. The fraction of sp³-hybridized carbons (Fsp3) is 0.833. The van der Waals surface area contributed by atoms with Gasteiger partial charge in [-0.3, -0.25) is 9.59 Å². The predicted octanol–water partition coefficient (Wildman–Crippen LogP) is 2.57. The Bertz CT molecular complexity index is 253. The van der Waals surface area contributed by atoms with E-state index in [1.54, 1.807) is 0 Å². The van der Waals surface area contributed by atoms with Gasteiger partial charge in [-0.1, -0.05) is 21.4 Å². The standard InChI is InChI=1S/C10H22O5Si2.2CH4/c1-16-15-17(2,3)5-4-8(6-9(11)12)7-10(13)14;;/h8H,4-7,16H2,1-3H3,(H,11,12)(H,13,14);2*1H4. The number of rotatable bonds is 9. The van der Waals surface area contributed by atoms with E-state index in [0.717, 1.165) is 6.04 Å². The minimum Gasteiger partial charge on any atom is -0.481 e. The molecule has 0 aromatic carbocycles. The molecule has 0 heterocycles. The molecule has 0 saturated carbocycles. The molecule has 0 aliphatic heterocycles. The molecule has 0 saturated heterocycles. The van der Waals surface area contributed by atoms with Crippen molar-refractivity contribution in [2.45, 2.75) is 59.8 Å². The summed E-state index contributed by atoms with van der Waals surface area (Å²) in [6.07, 6.45) is 0.493. The number of carboxylic acids is 2. The number of hydrogen-bond donors (Lipinski definition) is 2. The van der Waals surface area contributed by atoms with Gasteiger partial charge < -0.3 is 14.3 Å². The van der Waals surface area contributed by atoms with E-state index in [-0.39, 0.29) is 33.6 Å². The van der Waals surface area contributed by atoms with Crippen LogP contribution in [0.3, 0.4) is 0 Å². The van der Waals surface area contributed by atoms with Crippen molar-refractivity contribution in [3.8, 4) is 0 Å². The van der Waals surface area contributed by atoms with E-state index in [1.165, 1.54) is 0 Å². The van der Waals surface area contributed by atoms with Gasteiger partial charge in [0.05, 0.1) is 0 Å². The maximum atomic E-state index is 10.6. The van der Waals surface area contributed by atoms with Crippen molar-refractivity contribution in [3.05, 3.63) is 0 Å². The molecule has 5 nitrogen and oxygen atoms in total. The van der Waals surface area contributed by atoms with Gasteiger partial charge in [-0.2, -0.15) is 0 Å². The van der Waals surface area contributed by atoms with Crippen LogP contribution < -0.4 is 0 Å². The van der Waals surface area contributed by atoms with Crippen LogP contribution in [0.5, 0.6) is 0 Å². The molecule has 0 aromatic heterocycles. The van der Waals surface area contributed by atoms with Crippen LogP contribution in [0.15, 0.2) is 0 Å². The van der Waals surface area contributed by atoms with Gasteiger partial charge >= 0.3 is 11.9 Å². The first-order valence-electron chi connectivity index (χ1n) is 5.84. The minimum absolute atomic E-state index is 0. The van der Waals surface area contributed by atoms with Crippen LogP contribution in [0, 0.1) is 5.92 Å². The van der Waals surface area contributed by atoms with Crippen molar-refractivity contribution < 1.29 is 23.9 Å². The average Bonchev–Trinajstić information content (AvgIpc) is 2.12. The molecule has 0 fully saturated rings. The zero-order chi connectivity index (χ0) is 13.5. The van der Waals surface area contributed by atoms with Gasteiger partial charge in [0.1, 0.15) is 9.76 Å². The molecule has 0 rings (SSSR count). The number of carbonyl (C=O) groups is 2. The molecule has 0 aliphatic rings. The van der Waals surface area contributed by atoms with Crippen LogP contribution in [0.25, 0.3) is 0 Å². The summed E-state index contributed by atoms with van der Waals surface area (Å²) in [5.41, 5.74) is 0. The van der Waals surface area contributed by atoms with Crippen molar-refractivity contribution in [1.29, 1.82) is 0 Å². The van der Waals surface area contributed by atoms with E-state index in [2.05, 4.69) is 19.6 Å². The molecule has 0 atom stereocenters. The van der Waals surface area contributed by atoms with Crippen LogP contribution in [-0.2, 0) is 13.7 Å². The van der Waals surface area contributed by atoms with Crippen molar-refractivity contribution in [3.63, 3.8) is 0 Å². The lowest BCUT2D eigenvalue weighted by molar-refractivity contribution is -0.140. The third-order valence-corrected chi connectivity index (χ3v) is 8.39. The van der Waals surface area contributed by atoms with Gasteiger partial charge in [-0.15, -0.1) is 0 Å². The quantitative estimate of drug-likeness (QED) is 0.639. The normalized spacial score (nSPS) is 11.2. The van der Waals surface area contributed by atoms with Crippen LogP contribution >= 0.6 is 0 Å². The predicted molar refractivity (Wildman–Crippen MR) is 83.9 cm³/mol. The molecule has 0 bridgehead atoms. The summed E-state index contributed by atoms with van der Waals surface area (Å²) in [4.78, 5) is 21.3. The summed E-state index contributed by atoms with van der Waals surface area (Å²) in [6.45, 7) is 6.27. The van der Waals surface area contributed by atoms with Crippen LogP contribution in [0.2, 0.25) is 25.7 Å². The second-order valence-electron chi connectivity index (χ2n) is 4.79. The molecule has 0 radical (unpaired) electrons. The highest BCUT2D eigenvalue weighted by molar-refractivity contribution is 6.75. The highest BCUT2D eigenvalue weighted by atomic mass is 28.4. The van der Waals surface area contributed by atoms with Crippen LogP contribution in [0.1, 0.15) is 34.1 Å². The summed E-state index contributed by atoms with van der Waals surface area (Å²) in [5.74, 6) is -2.14. The molecule has 7 heteroatoms. The largest absolute Gasteiger partial charge is 0.481 e. The molecule has 116 valence electrons. The smallest absolute Gasteiger partial charge is 0.303 e. The number of aliphatic carboxylic acids is 2. The maximum absolute atomic E-state index is 10.6. The minimum atomic E-state index is -1.69. The van der Waals surface area contributed by atoms with E-state index >= 15 is 0 Å². The Hall–Kier alpha value is -0.666. The van der Waals surface area contributed by atoms with Crippen molar-refractivity contribution in [1.82, 2.24) is 0 Å². The Labute approximate surface area is 120 Å². The fourth-order valence-electron chi connectivity index (χ4n) is 1.78. The number of hydrogen-bond acceptors (Lipinski definition) is 3. The van der Waals surface area contributed by atoms with Gasteiger partial charge in [0.25, 0.3) is 0 Å². The molecule has 2 N–H and O–H groups in total. The van der Waals surface area contributed by atoms with Crippen molar-refractivity contribution in [2.24, 2.45) is 5.92 Å². The van der Waals surface area contributed by atoms with Gasteiger partial charge in [0, 0.05) is 12.8 Å². The van der Waals surface area contributed by atoms with Gasteiger partial charge in [0.2, 0.25) is 0 Å². The Morgan fingerprint density at radius 3 is 1.89 bits per heavy atom. The summed E-state index contributed by atoms with van der Waals surface area (Å²) >= 11 is 0. The zero-order valence-corrected chi connectivity index (χ0v) is 13.1. The van der Waals surface area contributed by atoms with Gasteiger partial charge in [-0.05, 0) is 31.5 Å². The van der Waals surface area contributed by atoms with Crippen molar-refractivity contribution >= 4 is 30.0 Å². The summed E-state index contributed by atoms with van der Waals surface area (Å²) < 4.78 is 5.77. The lowest BCUT2D eigenvalue weighted by Gasteiger charge is -2.24.